The summed E-state index contributed by atoms with van der Waals surface area (Å²) in [6, 6.07) is 3.76. The standard InChI is InChI=1S/C20H23F4N3O3S/c1-2-3-4-17-25-9-13(10-26-18(28)16(31)8-20(22,23)24)27(17)11-12-5-6-14(19(29)30)15(21)7-12/h5-7,9,16,31H,2-4,8,10-11H2,1H3,(H,26,28)(H,29,30). The number of carboxylic acids is 1. The molecule has 11 heteroatoms. The van der Waals surface area contributed by atoms with Crippen molar-refractivity contribution in [3.05, 3.63) is 52.9 Å². The van der Waals surface area contributed by atoms with Crippen molar-refractivity contribution in [2.45, 2.75) is 57.1 Å². The van der Waals surface area contributed by atoms with Gasteiger partial charge in [-0.2, -0.15) is 25.8 Å². The van der Waals surface area contributed by atoms with E-state index in [1.54, 1.807) is 4.57 Å². The highest BCUT2D eigenvalue weighted by Gasteiger charge is 2.33. The van der Waals surface area contributed by atoms with Gasteiger partial charge in [0.1, 0.15) is 11.6 Å². The van der Waals surface area contributed by atoms with Crippen LogP contribution in [0, 0.1) is 5.82 Å². The van der Waals surface area contributed by atoms with Crippen molar-refractivity contribution in [3.8, 4) is 0 Å². The van der Waals surface area contributed by atoms with Gasteiger partial charge in [0.25, 0.3) is 0 Å². The molecular weight excluding hydrogens is 438 g/mol. The number of aryl methyl sites for hydroxylation is 1. The number of halogens is 4. The Bertz CT molecular complexity index is 931. The molecule has 2 aromatic rings. The lowest BCUT2D eigenvalue weighted by Gasteiger charge is -2.16. The Labute approximate surface area is 182 Å². The first-order valence-electron chi connectivity index (χ1n) is 9.59. The molecule has 0 radical (unpaired) electrons. The molecule has 2 N–H and O–H groups in total. The minimum atomic E-state index is -4.51. The molecule has 1 unspecified atom stereocenters. The number of carboxylic acid groups (broad SMARTS) is 1. The van der Waals surface area contributed by atoms with Crippen LogP contribution in [-0.2, 0) is 24.3 Å². The van der Waals surface area contributed by atoms with Gasteiger partial charge in [0.05, 0.1) is 35.7 Å². The number of benzene rings is 1. The molecule has 0 spiro atoms. The molecular formula is C20H23F4N3O3S. The summed E-state index contributed by atoms with van der Waals surface area (Å²) in [5.74, 6) is -2.44. The molecule has 1 amide bonds. The number of nitrogens with zero attached hydrogens (tertiary/aromatic N) is 2. The Balaban J connectivity index is 2.19. The highest BCUT2D eigenvalue weighted by Crippen LogP contribution is 2.24. The van der Waals surface area contributed by atoms with Gasteiger partial charge in [-0.1, -0.05) is 19.4 Å². The summed E-state index contributed by atoms with van der Waals surface area (Å²) in [7, 11) is 0. The molecule has 1 atom stereocenters. The summed E-state index contributed by atoms with van der Waals surface area (Å²) in [6.07, 6.45) is -2.00. The number of unbranched alkanes of at least 4 members (excludes halogenated alkanes) is 1. The Morgan fingerprint density at radius 2 is 2.03 bits per heavy atom. The molecule has 0 fully saturated rings. The largest absolute Gasteiger partial charge is 0.478 e. The fourth-order valence-electron chi connectivity index (χ4n) is 2.94. The molecule has 31 heavy (non-hydrogen) atoms. The van der Waals surface area contributed by atoms with Gasteiger partial charge in [0.2, 0.25) is 5.91 Å². The Kier molecular flexibility index (Phi) is 8.49. The number of hydrogen-bond donors (Lipinski definition) is 3. The van der Waals surface area contributed by atoms with E-state index in [2.05, 4.69) is 22.9 Å². The average Bonchev–Trinajstić information content (AvgIpc) is 3.04. The number of nitrogens with one attached hydrogen (secondary N) is 1. The number of alkyl halides is 3. The third-order valence-electron chi connectivity index (χ3n) is 4.55. The Hall–Kier alpha value is -2.56. The zero-order valence-corrected chi connectivity index (χ0v) is 17.6. The van der Waals surface area contributed by atoms with Gasteiger partial charge < -0.3 is 15.0 Å². The number of carbonyl (C=O) groups is 2. The van der Waals surface area contributed by atoms with Crippen LogP contribution in [0.25, 0.3) is 0 Å². The number of hydrogen-bond acceptors (Lipinski definition) is 4. The maximum atomic E-state index is 14.0. The summed E-state index contributed by atoms with van der Waals surface area (Å²) < 4.78 is 53.2. The maximum Gasteiger partial charge on any atom is 0.390 e. The molecule has 0 aliphatic rings. The second-order valence-electron chi connectivity index (χ2n) is 7.03. The third-order valence-corrected chi connectivity index (χ3v) is 4.97. The van der Waals surface area contributed by atoms with Gasteiger partial charge in [-0.05, 0) is 24.1 Å². The molecule has 1 aromatic carbocycles. The van der Waals surface area contributed by atoms with Gasteiger partial charge >= 0.3 is 12.1 Å². The first-order chi connectivity index (χ1) is 14.5. The van der Waals surface area contributed by atoms with E-state index in [0.717, 1.165) is 18.9 Å². The second-order valence-corrected chi connectivity index (χ2v) is 7.65. The average molecular weight is 461 g/mol. The fraction of sp³-hybridized carbons (Fsp3) is 0.450. The minimum Gasteiger partial charge on any atom is -0.478 e. The van der Waals surface area contributed by atoms with E-state index in [9.17, 15) is 27.2 Å². The molecule has 170 valence electrons. The van der Waals surface area contributed by atoms with Crippen LogP contribution in [0.5, 0.6) is 0 Å². The van der Waals surface area contributed by atoms with E-state index >= 15 is 0 Å². The van der Waals surface area contributed by atoms with E-state index < -0.39 is 41.1 Å². The molecule has 0 saturated carbocycles. The molecule has 1 aromatic heterocycles. The molecule has 0 saturated heterocycles. The van der Waals surface area contributed by atoms with Crippen molar-refractivity contribution in [3.63, 3.8) is 0 Å². The highest BCUT2D eigenvalue weighted by molar-refractivity contribution is 7.81. The summed E-state index contributed by atoms with van der Waals surface area (Å²) in [5.41, 5.74) is 0.558. The maximum absolute atomic E-state index is 14.0. The van der Waals surface area contributed by atoms with E-state index in [4.69, 9.17) is 5.11 Å². The van der Waals surface area contributed by atoms with Crippen LogP contribution >= 0.6 is 12.6 Å². The Morgan fingerprint density at radius 3 is 2.61 bits per heavy atom. The first-order valence-corrected chi connectivity index (χ1v) is 10.1. The van der Waals surface area contributed by atoms with Crippen LogP contribution in [0.1, 0.15) is 53.6 Å². The smallest absolute Gasteiger partial charge is 0.390 e. The molecule has 1 heterocycles. The number of rotatable bonds is 10. The lowest BCUT2D eigenvalue weighted by Crippen LogP contribution is -2.34. The van der Waals surface area contributed by atoms with Crippen molar-refractivity contribution >= 4 is 24.5 Å². The van der Waals surface area contributed by atoms with Crippen molar-refractivity contribution in [1.82, 2.24) is 14.9 Å². The van der Waals surface area contributed by atoms with Crippen molar-refractivity contribution < 1.29 is 32.3 Å². The molecule has 0 aliphatic carbocycles. The zero-order valence-electron chi connectivity index (χ0n) is 16.7. The molecule has 0 aliphatic heterocycles. The monoisotopic (exact) mass is 461 g/mol. The number of amides is 1. The van der Waals surface area contributed by atoms with Gasteiger partial charge in [-0.25, -0.2) is 14.2 Å². The van der Waals surface area contributed by atoms with Crippen molar-refractivity contribution in [2.75, 3.05) is 0 Å². The zero-order chi connectivity index (χ0) is 23.2. The number of aromatic nitrogens is 2. The predicted octanol–water partition coefficient (Wildman–Crippen LogP) is 3.98. The van der Waals surface area contributed by atoms with Crippen LogP contribution in [0.4, 0.5) is 17.6 Å². The topological polar surface area (TPSA) is 84.2 Å². The van der Waals surface area contributed by atoms with Crippen LogP contribution < -0.4 is 5.32 Å². The van der Waals surface area contributed by atoms with Crippen LogP contribution in [0.15, 0.2) is 24.4 Å². The third kappa shape index (κ3) is 7.27. The van der Waals surface area contributed by atoms with Crippen molar-refractivity contribution in [1.29, 1.82) is 0 Å². The normalized spacial score (nSPS) is 12.6. The predicted molar refractivity (Wildman–Crippen MR) is 109 cm³/mol. The Morgan fingerprint density at radius 1 is 1.32 bits per heavy atom. The number of thiol groups is 1. The van der Waals surface area contributed by atoms with E-state index in [1.807, 2.05) is 6.92 Å². The van der Waals surface area contributed by atoms with Crippen LogP contribution in [0.2, 0.25) is 0 Å². The van der Waals surface area contributed by atoms with Gasteiger partial charge in [0.15, 0.2) is 0 Å². The first kappa shape index (κ1) is 24.7. The quantitative estimate of drug-likeness (QED) is 0.369. The van der Waals surface area contributed by atoms with Crippen LogP contribution in [0.3, 0.4) is 0 Å². The fourth-order valence-corrected chi connectivity index (χ4v) is 3.24. The molecule has 6 nitrogen and oxygen atoms in total. The number of carbonyl (C=O) groups excluding carboxylic acids is 1. The van der Waals surface area contributed by atoms with Gasteiger partial charge in [-0.15, -0.1) is 0 Å². The van der Waals surface area contributed by atoms with Gasteiger partial charge in [-0.3, -0.25) is 4.79 Å². The van der Waals surface area contributed by atoms with E-state index in [-0.39, 0.29) is 13.1 Å². The van der Waals surface area contributed by atoms with Gasteiger partial charge in [0, 0.05) is 13.0 Å². The molecule has 2 rings (SSSR count). The summed E-state index contributed by atoms with van der Waals surface area (Å²) in [5, 5.41) is 9.85. The number of imidazole rings is 1. The number of aromatic carboxylic acids is 1. The lowest BCUT2D eigenvalue weighted by molar-refractivity contribution is -0.142. The SMILES string of the molecule is CCCCc1ncc(CNC(=O)C(S)CC(F)(F)F)n1Cc1ccc(C(=O)O)c(F)c1. The summed E-state index contributed by atoms with van der Waals surface area (Å²) in [4.78, 5) is 27.3. The van der Waals surface area contributed by atoms with Crippen molar-refractivity contribution in [2.24, 2.45) is 0 Å². The second kappa shape index (κ2) is 10.7. The minimum absolute atomic E-state index is 0.0808. The van der Waals surface area contributed by atoms with Crippen LogP contribution in [-0.4, -0.2) is 38.0 Å². The highest BCUT2D eigenvalue weighted by atomic mass is 32.1. The lowest BCUT2D eigenvalue weighted by atomic mass is 10.1. The summed E-state index contributed by atoms with van der Waals surface area (Å²) in [6.45, 7) is 2.08. The summed E-state index contributed by atoms with van der Waals surface area (Å²) >= 11 is 3.72. The van der Waals surface area contributed by atoms with E-state index in [0.29, 0.717) is 23.5 Å². The molecule has 0 bridgehead atoms. The van der Waals surface area contributed by atoms with E-state index in [1.165, 1.54) is 18.3 Å².